The summed E-state index contributed by atoms with van der Waals surface area (Å²) in [5, 5.41) is 9.84. The summed E-state index contributed by atoms with van der Waals surface area (Å²) in [6.45, 7) is 3.25. The highest BCUT2D eigenvalue weighted by Crippen LogP contribution is 2.50. The van der Waals surface area contributed by atoms with Gasteiger partial charge in [0.25, 0.3) is 0 Å². The number of carbonyl (C=O) groups is 1. The van der Waals surface area contributed by atoms with Crippen LogP contribution in [0.5, 0.6) is 5.75 Å². The van der Waals surface area contributed by atoms with Crippen molar-refractivity contribution in [3.8, 4) is 5.75 Å². The largest absolute Gasteiger partial charge is 0.496 e. The predicted octanol–water partition coefficient (Wildman–Crippen LogP) is 4.36. The Morgan fingerprint density at radius 3 is 2.34 bits per heavy atom. The van der Waals surface area contributed by atoms with Crippen LogP contribution in [0.3, 0.4) is 0 Å². The molecule has 0 atom stereocenters. The molecular weight excluding hydrogens is 383 g/mol. The quantitative estimate of drug-likeness (QED) is 0.804. The van der Waals surface area contributed by atoms with Gasteiger partial charge in [-0.15, -0.1) is 0 Å². The van der Waals surface area contributed by atoms with E-state index < -0.39 is 17.3 Å². The minimum atomic E-state index is -4.43. The lowest BCUT2D eigenvalue weighted by molar-refractivity contribution is -0.163. The van der Waals surface area contributed by atoms with Gasteiger partial charge in [-0.25, -0.2) is 0 Å². The number of hydrogen-bond donors (Lipinski definition) is 1. The van der Waals surface area contributed by atoms with Crippen molar-refractivity contribution in [2.24, 2.45) is 11.3 Å². The highest BCUT2D eigenvalue weighted by molar-refractivity contribution is 5.81. The number of alkyl halides is 3. The molecule has 1 saturated heterocycles. The number of halogens is 3. The molecule has 2 aliphatic carbocycles. The lowest BCUT2D eigenvalue weighted by atomic mass is 9.63. The number of ether oxygens (including phenoxy) is 1. The van der Waals surface area contributed by atoms with Crippen LogP contribution in [0.1, 0.15) is 62.5 Å². The maximum Gasteiger partial charge on any atom is 0.419 e. The van der Waals surface area contributed by atoms with Crippen LogP contribution in [-0.4, -0.2) is 41.7 Å². The van der Waals surface area contributed by atoms with Crippen LogP contribution in [0, 0.1) is 11.3 Å². The minimum absolute atomic E-state index is 0.0567. The molecule has 1 amide bonds. The molecule has 3 aliphatic rings. The number of hydrogen-bond acceptors (Lipinski definition) is 3. The molecular formula is C22H28F3NO3. The number of benzene rings is 1. The molecule has 4 rings (SSSR count). The van der Waals surface area contributed by atoms with Crippen LogP contribution in [0.4, 0.5) is 13.2 Å². The van der Waals surface area contributed by atoms with E-state index in [1.807, 2.05) is 4.90 Å². The summed E-state index contributed by atoms with van der Waals surface area (Å²) >= 11 is 0. The molecule has 3 fully saturated rings. The summed E-state index contributed by atoms with van der Waals surface area (Å²) in [5.74, 6) is 0.0591. The van der Waals surface area contributed by atoms with Crippen LogP contribution in [0.25, 0.3) is 0 Å². The summed E-state index contributed by atoms with van der Waals surface area (Å²) in [6, 6.07) is 4.40. The molecule has 1 heterocycles. The number of amides is 1. The predicted molar refractivity (Wildman–Crippen MR) is 102 cm³/mol. The van der Waals surface area contributed by atoms with Crippen molar-refractivity contribution in [3.05, 3.63) is 29.3 Å². The van der Waals surface area contributed by atoms with Gasteiger partial charge in [-0.3, -0.25) is 4.79 Å². The molecule has 7 heteroatoms. The number of likely N-dealkylation sites (tertiary alicyclic amines) is 1. The fourth-order valence-corrected chi connectivity index (χ4v) is 5.43. The fourth-order valence-electron chi connectivity index (χ4n) is 5.43. The lowest BCUT2D eigenvalue weighted by Crippen LogP contribution is -2.62. The number of rotatable bonds is 3. The molecule has 2 saturated carbocycles. The summed E-state index contributed by atoms with van der Waals surface area (Å²) in [6.07, 6.45) is 0.174. The summed E-state index contributed by atoms with van der Waals surface area (Å²) in [7, 11) is 1.25. The summed E-state index contributed by atoms with van der Waals surface area (Å²) < 4.78 is 44.8. The van der Waals surface area contributed by atoms with E-state index in [1.165, 1.54) is 19.2 Å². The molecule has 1 aromatic carbocycles. The van der Waals surface area contributed by atoms with Crippen molar-refractivity contribution >= 4 is 5.91 Å². The Bertz CT molecular complexity index is 781. The smallest absolute Gasteiger partial charge is 0.419 e. The van der Waals surface area contributed by atoms with Crippen molar-refractivity contribution in [3.63, 3.8) is 0 Å². The Labute approximate surface area is 169 Å². The Balaban J connectivity index is 1.34. The van der Waals surface area contributed by atoms with Gasteiger partial charge in [-0.2, -0.15) is 13.2 Å². The van der Waals surface area contributed by atoms with Crippen molar-refractivity contribution < 1.29 is 27.8 Å². The summed E-state index contributed by atoms with van der Waals surface area (Å²) in [4.78, 5) is 14.4. The van der Waals surface area contributed by atoms with Gasteiger partial charge in [0.1, 0.15) is 5.75 Å². The third-order valence-electron chi connectivity index (χ3n) is 7.13. The van der Waals surface area contributed by atoms with Gasteiger partial charge in [-0.05, 0) is 69.1 Å². The Morgan fingerprint density at radius 1 is 1.21 bits per heavy atom. The van der Waals surface area contributed by atoms with Gasteiger partial charge < -0.3 is 14.7 Å². The molecule has 1 aliphatic heterocycles. The van der Waals surface area contributed by atoms with Crippen molar-refractivity contribution in [1.82, 2.24) is 4.90 Å². The number of nitrogens with zero attached hydrogens (tertiary/aromatic N) is 1. The van der Waals surface area contributed by atoms with Crippen LogP contribution in [0.2, 0.25) is 0 Å². The van der Waals surface area contributed by atoms with Gasteiger partial charge in [0.15, 0.2) is 0 Å². The Hall–Kier alpha value is -1.76. The van der Waals surface area contributed by atoms with Gasteiger partial charge in [-0.1, -0.05) is 6.07 Å². The molecule has 0 aromatic heterocycles. The zero-order valence-electron chi connectivity index (χ0n) is 16.9. The zero-order valence-corrected chi connectivity index (χ0v) is 16.9. The van der Waals surface area contributed by atoms with E-state index in [0.29, 0.717) is 12.8 Å². The van der Waals surface area contributed by atoms with Crippen molar-refractivity contribution in [2.45, 2.75) is 63.1 Å². The molecule has 1 aromatic rings. The molecule has 1 N–H and O–H groups in total. The van der Waals surface area contributed by atoms with Crippen molar-refractivity contribution in [2.75, 3.05) is 20.2 Å². The Morgan fingerprint density at radius 2 is 1.83 bits per heavy atom. The average molecular weight is 411 g/mol. The van der Waals surface area contributed by atoms with E-state index >= 15 is 0 Å². The number of carbonyl (C=O) groups excluding carboxylic acids is 1. The molecule has 160 valence electrons. The van der Waals surface area contributed by atoms with Crippen LogP contribution in [-0.2, 0) is 11.0 Å². The zero-order chi connectivity index (χ0) is 21.0. The SMILES string of the molecule is COc1ccc(C2CCC3(CC2)CN(C(=O)C2CC(C)(O)C2)C3)cc1C(F)(F)F. The fraction of sp³-hybridized carbons (Fsp3) is 0.682. The standard InChI is InChI=1S/C22H28F3NO3/c1-20(28)10-16(11-20)19(27)26-12-21(13-26)7-5-14(6-8-21)15-3-4-18(29-2)17(9-15)22(23,24)25/h3-4,9,14,16,28H,5-8,10-13H2,1-2H3. The molecule has 0 bridgehead atoms. The second-order valence-corrected chi connectivity index (χ2v) is 9.53. The van der Waals surface area contributed by atoms with Gasteiger partial charge in [0.2, 0.25) is 5.91 Å². The first kappa shape index (κ1) is 20.5. The first-order chi connectivity index (χ1) is 13.5. The second kappa shape index (κ2) is 6.89. The van der Waals surface area contributed by atoms with Crippen LogP contribution in [0.15, 0.2) is 18.2 Å². The maximum atomic E-state index is 13.3. The highest BCUT2D eigenvalue weighted by Gasteiger charge is 2.51. The topological polar surface area (TPSA) is 49.8 Å². The first-order valence-electron chi connectivity index (χ1n) is 10.3. The second-order valence-electron chi connectivity index (χ2n) is 9.53. The molecule has 0 radical (unpaired) electrons. The first-order valence-corrected chi connectivity index (χ1v) is 10.3. The normalized spacial score (nSPS) is 29.3. The van der Waals surface area contributed by atoms with Crippen molar-refractivity contribution in [1.29, 1.82) is 0 Å². The van der Waals surface area contributed by atoms with Crippen LogP contribution >= 0.6 is 0 Å². The van der Waals surface area contributed by atoms with E-state index in [0.717, 1.165) is 44.3 Å². The summed E-state index contributed by atoms with van der Waals surface area (Å²) in [5.41, 5.74) is -0.571. The Kier molecular flexibility index (Phi) is 4.88. The number of aliphatic hydroxyl groups is 1. The van der Waals surface area contributed by atoms with Gasteiger partial charge in [0.05, 0.1) is 18.3 Å². The van der Waals surface area contributed by atoms with E-state index in [-0.39, 0.29) is 28.9 Å². The van der Waals surface area contributed by atoms with E-state index in [2.05, 4.69) is 0 Å². The van der Waals surface area contributed by atoms with Gasteiger partial charge in [0, 0.05) is 24.4 Å². The average Bonchev–Trinajstić information content (AvgIpc) is 2.62. The van der Waals surface area contributed by atoms with E-state index in [4.69, 9.17) is 4.74 Å². The monoisotopic (exact) mass is 411 g/mol. The lowest BCUT2D eigenvalue weighted by Gasteiger charge is -2.55. The maximum absolute atomic E-state index is 13.3. The third kappa shape index (κ3) is 3.86. The number of methoxy groups -OCH3 is 1. The third-order valence-corrected chi connectivity index (χ3v) is 7.13. The minimum Gasteiger partial charge on any atom is -0.496 e. The van der Waals surface area contributed by atoms with Crippen LogP contribution < -0.4 is 4.74 Å². The highest BCUT2D eigenvalue weighted by atomic mass is 19.4. The molecule has 1 spiro atoms. The van der Waals surface area contributed by atoms with Gasteiger partial charge >= 0.3 is 6.18 Å². The molecule has 29 heavy (non-hydrogen) atoms. The molecule has 0 unspecified atom stereocenters. The van der Waals surface area contributed by atoms with E-state index in [9.17, 15) is 23.1 Å². The van der Waals surface area contributed by atoms with E-state index in [1.54, 1.807) is 13.0 Å². The molecule has 4 nitrogen and oxygen atoms in total.